The summed E-state index contributed by atoms with van der Waals surface area (Å²) in [7, 11) is 1.64. The first-order chi connectivity index (χ1) is 15.2. The number of amides is 1. The van der Waals surface area contributed by atoms with Crippen molar-refractivity contribution in [3.8, 4) is 11.5 Å². The molecule has 2 aromatic rings. The van der Waals surface area contributed by atoms with Gasteiger partial charge in [0.1, 0.15) is 11.5 Å². The van der Waals surface area contributed by atoms with E-state index in [4.69, 9.17) is 14.2 Å². The Morgan fingerprint density at radius 2 is 1.97 bits per heavy atom. The molecule has 0 radical (unpaired) electrons. The van der Waals surface area contributed by atoms with E-state index in [0.717, 1.165) is 54.7 Å². The van der Waals surface area contributed by atoms with Crippen LogP contribution in [0.5, 0.6) is 11.5 Å². The molecule has 0 aromatic heterocycles. The average Bonchev–Trinajstić information content (AvgIpc) is 3.14. The summed E-state index contributed by atoms with van der Waals surface area (Å²) in [4.78, 5) is 19.8. The lowest BCUT2D eigenvalue weighted by Gasteiger charge is -2.29. The fourth-order valence-corrected chi connectivity index (χ4v) is 4.19. The number of aliphatic imine (C=N–C) groups is 1. The van der Waals surface area contributed by atoms with Crippen molar-refractivity contribution < 1.29 is 19.0 Å². The molecule has 0 aliphatic carbocycles. The van der Waals surface area contributed by atoms with Gasteiger partial charge in [-0.3, -0.25) is 4.79 Å². The number of hydrogen-bond acceptors (Lipinski definition) is 7. The summed E-state index contributed by atoms with van der Waals surface area (Å²) in [6.45, 7) is 5.71. The number of hydrogen-bond donors (Lipinski definition) is 1. The maximum absolute atomic E-state index is 12.5. The molecular weight excluding hydrogens is 414 g/mol. The van der Waals surface area contributed by atoms with E-state index in [2.05, 4.69) is 15.2 Å². The molecule has 1 amide bonds. The number of carbonyl (C=O) groups excluding carboxylic acids is 1. The third-order valence-electron chi connectivity index (χ3n) is 4.91. The van der Waals surface area contributed by atoms with Crippen molar-refractivity contribution in [2.75, 3.05) is 44.9 Å². The zero-order chi connectivity index (χ0) is 21.6. The Morgan fingerprint density at radius 3 is 2.68 bits per heavy atom. The van der Waals surface area contributed by atoms with Crippen LogP contribution in [0.1, 0.15) is 12.5 Å². The van der Waals surface area contributed by atoms with Gasteiger partial charge in [0.2, 0.25) is 0 Å². The second-order valence-corrected chi connectivity index (χ2v) is 7.96. The number of nitrogens with zero attached hydrogens (tertiary/aromatic N) is 2. The zero-order valence-corrected chi connectivity index (χ0v) is 18.4. The first kappa shape index (κ1) is 21.3. The minimum atomic E-state index is -0.172. The van der Waals surface area contributed by atoms with E-state index in [-0.39, 0.29) is 5.91 Å². The third kappa shape index (κ3) is 5.21. The lowest BCUT2D eigenvalue weighted by Crippen LogP contribution is -2.36. The van der Waals surface area contributed by atoms with E-state index < -0.39 is 0 Å². The van der Waals surface area contributed by atoms with E-state index >= 15 is 0 Å². The van der Waals surface area contributed by atoms with Crippen molar-refractivity contribution in [2.45, 2.75) is 6.92 Å². The molecule has 0 atom stereocenters. The van der Waals surface area contributed by atoms with Gasteiger partial charge in [-0.15, -0.1) is 0 Å². The summed E-state index contributed by atoms with van der Waals surface area (Å²) in [6, 6.07) is 13.5. The van der Waals surface area contributed by atoms with E-state index in [1.807, 2.05) is 55.5 Å². The van der Waals surface area contributed by atoms with E-state index in [1.165, 1.54) is 11.8 Å². The Labute approximate surface area is 186 Å². The molecule has 0 unspecified atom stereocenters. The smallest absolute Gasteiger partial charge is 0.264 e. The van der Waals surface area contributed by atoms with Gasteiger partial charge in [-0.1, -0.05) is 0 Å². The summed E-state index contributed by atoms with van der Waals surface area (Å²) < 4.78 is 16.5. The minimum Gasteiger partial charge on any atom is -0.496 e. The Morgan fingerprint density at radius 1 is 1.19 bits per heavy atom. The van der Waals surface area contributed by atoms with Gasteiger partial charge in [-0.2, -0.15) is 0 Å². The van der Waals surface area contributed by atoms with Crippen molar-refractivity contribution in [2.24, 2.45) is 4.99 Å². The first-order valence-electron chi connectivity index (χ1n) is 10.2. The fraction of sp³-hybridized carbons (Fsp3) is 0.304. The lowest BCUT2D eigenvalue weighted by molar-refractivity contribution is -0.115. The molecule has 31 heavy (non-hydrogen) atoms. The van der Waals surface area contributed by atoms with Crippen LogP contribution < -0.4 is 19.7 Å². The number of anilines is 1. The highest BCUT2D eigenvalue weighted by molar-refractivity contribution is 8.18. The monoisotopic (exact) mass is 439 g/mol. The molecule has 2 aliphatic heterocycles. The van der Waals surface area contributed by atoms with Gasteiger partial charge in [0.25, 0.3) is 5.91 Å². The number of benzene rings is 2. The number of morpholine rings is 1. The van der Waals surface area contributed by atoms with Crippen LogP contribution in [0.15, 0.2) is 52.4 Å². The molecule has 0 bridgehead atoms. The Balaban J connectivity index is 1.51. The quantitative estimate of drug-likeness (QED) is 0.690. The second-order valence-electron chi connectivity index (χ2n) is 6.93. The van der Waals surface area contributed by atoms with Crippen LogP contribution in [0.2, 0.25) is 0 Å². The van der Waals surface area contributed by atoms with Gasteiger partial charge in [0.15, 0.2) is 5.17 Å². The normalized spacial score (nSPS) is 19.0. The maximum atomic E-state index is 12.5. The molecule has 8 heteroatoms. The van der Waals surface area contributed by atoms with Crippen LogP contribution in [0.25, 0.3) is 6.08 Å². The predicted octanol–water partition coefficient (Wildman–Crippen LogP) is 3.82. The van der Waals surface area contributed by atoms with Crippen LogP contribution in [0, 0.1) is 0 Å². The Hall–Kier alpha value is -2.97. The van der Waals surface area contributed by atoms with Gasteiger partial charge < -0.3 is 24.4 Å². The number of amidine groups is 1. The molecule has 2 heterocycles. The number of ether oxygens (including phenoxy) is 3. The van der Waals surface area contributed by atoms with Crippen molar-refractivity contribution in [1.82, 2.24) is 5.32 Å². The van der Waals surface area contributed by atoms with E-state index in [0.29, 0.717) is 16.7 Å². The van der Waals surface area contributed by atoms with Gasteiger partial charge in [0.05, 0.1) is 37.5 Å². The number of thioether (sulfide) groups is 1. The predicted molar refractivity (Wildman–Crippen MR) is 124 cm³/mol. The second kappa shape index (κ2) is 9.89. The number of nitrogens with one attached hydrogen (secondary N) is 1. The van der Waals surface area contributed by atoms with Crippen LogP contribution in [-0.2, 0) is 9.53 Å². The van der Waals surface area contributed by atoms with Gasteiger partial charge >= 0.3 is 0 Å². The molecular formula is C23H25N3O4S. The van der Waals surface area contributed by atoms with Crippen LogP contribution >= 0.6 is 11.8 Å². The van der Waals surface area contributed by atoms with Gasteiger partial charge in [-0.05, 0) is 61.2 Å². The SMILES string of the molecule is CCOc1ccc(N=C2NC(=O)/C(=C/c3ccc(N4CCOCC4)cc3OC)S2)cc1. The highest BCUT2D eigenvalue weighted by Crippen LogP contribution is 2.33. The topological polar surface area (TPSA) is 72.4 Å². The molecule has 4 rings (SSSR count). The lowest BCUT2D eigenvalue weighted by atomic mass is 10.1. The largest absolute Gasteiger partial charge is 0.496 e. The van der Waals surface area contributed by atoms with Crippen molar-refractivity contribution >= 4 is 40.3 Å². The van der Waals surface area contributed by atoms with Crippen molar-refractivity contribution in [3.63, 3.8) is 0 Å². The summed E-state index contributed by atoms with van der Waals surface area (Å²) in [5.74, 6) is 1.35. The molecule has 1 N–H and O–H groups in total. The van der Waals surface area contributed by atoms with Crippen molar-refractivity contribution in [3.05, 3.63) is 52.9 Å². The molecule has 0 spiro atoms. The standard InChI is InChI=1S/C23H25N3O4S/c1-3-30-19-8-5-17(6-9-19)24-23-25-22(27)21(31-23)14-16-4-7-18(15-20(16)28-2)26-10-12-29-13-11-26/h4-9,14-15H,3,10-13H2,1-2H3,(H,24,25,27)/b21-14-. The summed E-state index contributed by atoms with van der Waals surface area (Å²) >= 11 is 1.31. The maximum Gasteiger partial charge on any atom is 0.264 e. The summed E-state index contributed by atoms with van der Waals surface area (Å²) in [5, 5.41) is 3.37. The summed E-state index contributed by atoms with van der Waals surface area (Å²) in [6.07, 6.45) is 1.84. The molecule has 7 nitrogen and oxygen atoms in total. The molecule has 162 valence electrons. The van der Waals surface area contributed by atoms with E-state index in [1.54, 1.807) is 7.11 Å². The van der Waals surface area contributed by atoms with Gasteiger partial charge in [-0.25, -0.2) is 4.99 Å². The molecule has 2 aliphatic rings. The zero-order valence-electron chi connectivity index (χ0n) is 17.6. The number of carbonyl (C=O) groups is 1. The highest BCUT2D eigenvalue weighted by atomic mass is 32.2. The van der Waals surface area contributed by atoms with Crippen LogP contribution in [0.4, 0.5) is 11.4 Å². The van der Waals surface area contributed by atoms with Crippen LogP contribution in [-0.4, -0.2) is 51.1 Å². The molecule has 2 saturated heterocycles. The fourth-order valence-electron chi connectivity index (χ4n) is 3.36. The Bertz CT molecular complexity index is 998. The average molecular weight is 440 g/mol. The van der Waals surface area contributed by atoms with Gasteiger partial charge in [0, 0.05) is 30.4 Å². The Kier molecular flexibility index (Phi) is 6.79. The minimum absolute atomic E-state index is 0.172. The number of rotatable bonds is 6. The molecule has 2 aromatic carbocycles. The van der Waals surface area contributed by atoms with E-state index in [9.17, 15) is 4.79 Å². The summed E-state index contributed by atoms with van der Waals surface area (Å²) in [5.41, 5.74) is 2.68. The molecule has 2 fully saturated rings. The van der Waals surface area contributed by atoms with Crippen molar-refractivity contribution in [1.29, 1.82) is 0 Å². The highest BCUT2D eigenvalue weighted by Gasteiger charge is 2.24. The first-order valence-corrected chi connectivity index (χ1v) is 11.0. The van der Waals surface area contributed by atoms with Crippen LogP contribution in [0.3, 0.4) is 0 Å². The molecule has 0 saturated carbocycles. The third-order valence-corrected chi connectivity index (χ3v) is 5.82. The number of methoxy groups -OCH3 is 1.